The van der Waals surface area contributed by atoms with Gasteiger partial charge in [0.15, 0.2) is 0 Å². The number of hydrogen-bond acceptors (Lipinski definition) is 5. The minimum absolute atomic E-state index is 0.199. The Hall–Kier alpha value is -1.46. The fraction of sp³-hybridized carbons (Fsp3) is 0.333. The Labute approximate surface area is 105 Å². The molecule has 0 aliphatic carbocycles. The second kappa shape index (κ2) is 5.75. The maximum Gasteiger partial charge on any atom is 0.202 e. The van der Waals surface area contributed by atoms with Crippen LogP contribution in [0.4, 0.5) is 5.13 Å². The summed E-state index contributed by atoms with van der Waals surface area (Å²) in [5.74, 6) is 0.799. The van der Waals surface area contributed by atoms with Gasteiger partial charge in [-0.2, -0.15) is 4.37 Å². The number of nitrogens with two attached hydrogens (primary N) is 1. The number of aryl methyl sites for hydroxylation is 1. The van der Waals surface area contributed by atoms with Crippen molar-refractivity contribution in [3.05, 3.63) is 41.7 Å². The summed E-state index contributed by atoms with van der Waals surface area (Å²) in [6.45, 7) is 2.46. The minimum Gasteiger partial charge on any atom is -0.356 e. The zero-order chi connectivity index (χ0) is 12.1. The predicted molar refractivity (Wildman–Crippen MR) is 71.3 cm³/mol. The summed E-state index contributed by atoms with van der Waals surface area (Å²) in [6.07, 6.45) is 0.899. The van der Waals surface area contributed by atoms with Crippen molar-refractivity contribution in [2.24, 2.45) is 5.73 Å². The Bertz CT molecular complexity index is 455. The van der Waals surface area contributed by atoms with Crippen molar-refractivity contribution in [2.45, 2.75) is 19.4 Å². The second-order valence-electron chi connectivity index (χ2n) is 3.91. The third kappa shape index (κ3) is 3.51. The summed E-state index contributed by atoms with van der Waals surface area (Å²) in [5.41, 5.74) is 7.04. The van der Waals surface area contributed by atoms with E-state index in [1.165, 1.54) is 17.1 Å². The lowest BCUT2D eigenvalue weighted by Crippen LogP contribution is -2.30. The third-order valence-corrected chi connectivity index (χ3v) is 3.20. The van der Waals surface area contributed by atoms with Crippen LogP contribution in [-0.4, -0.2) is 21.9 Å². The number of anilines is 1. The molecule has 3 N–H and O–H groups in total. The van der Waals surface area contributed by atoms with Crippen LogP contribution in [0.25, 0.3) is 0 Å². The number of rotatable bonds is 5. The molecular formula is C12H16N4S. The summed E-state index contributed by atoms with van der Waals surface area (Å²) in [6, 6.07) is 10.5. The van der Waals surface area contributed by atoms with Crippen molar-refractivity contribution in [3.63, 3.8) is 0 Å². The van der Waals surface area contributed by atoms with Gasteiger partial charge in [0, 0.05) is 24.1 Å². The van der Waals surface area contributed by atoms with Gasteiger partial charge in [-0.15, -0.1) is 0 Å². The van der Waals surface area contributed by atoms with Crippen LogP contribution in [0.1, 0.15) is 11.4 Å². The van der Waals surface area contributed by atoms with E-state index in [0.717, 1.165) is 17.4 Å². The Morgan fingerprint density at radius 1 is 1.35 bits per heavy atom. The SMILES string of the molecule is Cc1nsc(NC(CN)Cc2ccccc2)n1. The van der Waals surface area contributed by atoms with Crippen molar-refractivity contribution in [1.82, 2.24) is 9.36 Å². The first kappa shape index (κ1) is 12.0. The molecule has 1 heterocycles. The molecule has 0 fully saturated rings. The van der Waals surface area contributed by atoms with Crippen molar-refractivity contribution in [2.75, 3.05) is 11.9 Å². The lowest BCUT2D eigenvalue weighted by Gasteiger charge is -2.15. The number of nitrogens with zero attached hydrogens (tertiary/aromatic N) is 2. The topological polar surface area (TPSA) is 63.8 Å². The van der Waals surface area contributed by atoms with E-state index in [1.54, 1.807) is 0 Å². The molecule has 0 saturated heterocycles. The van der Waals surface area contributed by atoms with Gasteiger partial charge in [-0.1, -0.05) is 30.3 Å². The average Bonchev–Trinajstić information content (AvgIpc) is 2.75. The molecule has 2 rings (SSSR count). The van der Waals surface area contributed by atoms with Crippen LogP contribution in [0.5, 0.6) is 0 Å². The lowest BCUT2D eigenvalue weighted by molar-refractivity contribution is 0.722. The van der Waals surface area contributed by atoms with Gasteiger partial charge < -0.3 is 11.1 Å². The first-order valence-electron chi connectivity index (χ1n) is 5.59. The summed E-state index contributed by atoms with van der Waals surface area (Å²) < 4.78 is 4.14. The fourth-order valence-corrected chi connectivity index (χ4v) is 2.27. The number of nitrogens with one attached hydrogen (secondary N) is 1. The molecule has 1 atom stereocenters. The molecule has 0 saturated carbocycles. The molecule has 0 bridgehead atoms. The van der Waals surface area contributed by atoms with E-state index in [2.05, 4.69) is 26.8 Å². The maximum absolute atomic E-state index is 5.77. The van der Waals surface area contributed by atoms with E-state index in [1.807, 2.05) is 25.1 Å². The Kier molecular flexibility index (Phi) is 4.06. The normalized spacial score (nSPS) is 12.4. The molecule has 2 aromatic rings. The molecule has 0 radical (unpaired) electrons. The highest BCUT2D eigenvalue weighted by Gasteiger charge is 2.09. The number of hydrogen-bond donors (Lipinski definition) is 2. The van der Waals surface area contributed by atoms with Crippen LogP contribution in [0.15, 0.2) is 30.3 Å². The fourth-order valence-electron chi connectivity index (χ4n) is 1.62. The minimum atomic E-state index is 0.199. The molecule has 1 aromatic carbocycles. The van der Waals surface area contributed by atoms with E-state index in [-0.39, 0.29) is 6.04 Å². The smallest absolute Gasteiger partial charge is 0.202 e. The first-order valence-corrected chi connectivity index (χ1v) is 6.36. The zero-order valence-corrected chi connectivity index (χ0v) is 10.6. The van der Waals surface area contributed by atoms with Crippen LogP contribution in [-0.2, 0) is 6.42 Å². The molecule has 5 heteroatoms. The van der Waals surface area contributed by atoms with Crippen LogP contribution in [0.3, 0.4) is 0 Å². The Morgan fingerprint density at radius 2 is 2.12 bits per heavy atom. The molecule has 0 spiro atoms. The Balaban J connectivity index is 1.98. The van der Waals surface area contributed by atoms with Gasteiger partial charge in [0.2, 0.25) is 5.13 Å². The largest absolute Gasteiger partial charge is 0.356 e. The van der Waals surface area contributed by atoms with Gasteiger partial charge in [-0.05, 0) is 18.9 Å². The average molecular weight is 248 g/mol. The van der Waals surface area contributed by atoms with E-state index in [0.29, 0.717) is 6.54 Å². The van der Waals surface area contributed by atoms with Crippen molar-refractivity contribution >= 4 is 16.7 Å². The lowest BCUT2D eigenvalue weighted by atomic mass is 10.1. The molecule has 0 aliphatic heterocycles. The summed E-state index contributed by atoms with van der Waals surface area (Å²) in [5, 5.41) is 4.16. The quantitative estimate of drug-likeness (QED) is 0.847. The van der Waals surface area contributed by atoms with E-state index in [9.17, 15) is 0 Å². The maximum atomic E-state index is 5.77. The van der Waals surface area contributed by atoms with E-state index >= 15 is 0 Å². The van der Waals surface area contributed by atoms with Crippen LogP contribution < -0.4 is 11.1 Å². The molecular weight excluding hydrogens is 232 g/mol. The predicted octanol–water partition coefficient (Wildman–Crippen LogP) is 1.83. The van der Waals surface area contributed by atoms with Gasteiger partial charge >= 0.3 is 0 Å². The molecule has 17 heavy (non-hydrogen) atoms. The molecule has 1 aromatic heterocycles. The summed E-state index contributed by atoms with van der Waals surface area (Å²) >= 11 is 1.38. The standard InChI is InChI=1S/C12H16N4S/c1-9-14-12(17-16-9)15-11(8-13)7-10-5-3-2-4-6-10/h2-6,11H,7-8,13H2,1H3,(H,14,15,16). The van der Waals surface area contributed by atoms with Gasteiger partial charge in [0.1, 0.15) is 5.82 Å². The zero-order valence-electron chi connectivity index (χ0n) is 9.76. The second-order valence-corrected chi connectivity index (χ2v) is 4.67. The molecule has 1 unspecified atom stereocenters. The van der Waals surface area contributed by atoms with Crippen LogP contribution in [0.2, 0.25) is 0 Å². The van der Waals surface area contributed by atoms with Crippen molar-refractivity contribution in [1.29, 1.82) is 0 Å². The Morgan fingerprint density at radius 3 is 2.71 bits per heavy atom. The number of benzene rings is 1. The molecule has 90 valence electrons. The summed E-state index contributed by atoms with van der Waals surface area (Å²) in [7, 11) is 0. The molecule has 4 nitrogen and oxygen atoms in total. The van der Waals surface area contributed by atoms with Crippen LogP contribution >= 0.6 is 11.5 Å². The third-order valence-electron chi connectivity index (χ3n) is 2.46. The van der Waals surface area contributed by atoms with Crippen molar-refractivity contribution in [3.8, 4) is 0 Å². The van der Waals surface area contributed by atoms with Crippen molar-refractivity contribution < 1.29 is 0 Å². The van der Waals surface area contributed by atoms with Gasteiger partial charge in [-0.25, -0.2) is 4.98 Å². The van der Waals surface area contributed by atoms with Gasteiger partial charge in [-0.3, -0.25) is 0 Å². The molecule has 0 aliphatic rings. The molecule has 0 amide bonds. The highest BCUT2D eigenvalue weighted by Crippen LogP contribution is 2.13. The highest BCUT2D eigenvalue weighted by atomic mass is 32.1. The highest BCUT2D eigenvalue weighted by molar-refractivity contribution is 7.09. The van der Waals surface area contributed by atoms with Gasteiger partial charge in [0.05, 0.1) is 0 Å². The van der Waals surface area contributed by atoms with E-state index < -0.39 is 0 Å². The van der Waals surface area contributed by atoms with Gasteiger partial charge in [0.25, 0.3) is 0 Å². The van der Waals surface area contributed by atoms with Crippen LogP contribution in [0, 0.1) is 6.92 Å². The number of aromatic nitrogens is 2. The summed E-state index contributed by atoms with van der Waals surface area (Å²) in [4.78, 5) is 4.28. The first-order chi connectivity index (χ1) is 8.28. The monoisotopic (exact) mass is 248 g/mol. The van der Waals surface area contributed by atoms with E-state index in [4.69, 9.17) is 5.73 Å².